The average molecular weight is 487 g/mol. The second kappa shape index (κ2) is 11.2. The van der Waals surface area contributed by atoms with Crippen LogP contribution in [0.25, 0.3) is 0 Å². The Hall–Kier alpha value is -3.35. The van der Waals surface area contributed by atoms with E-state index in [2.05, 4.69) is 17.6 Å². The summed E-state index contributed by atoms with van der Waals surface area (Å²) in [6, 6.07) is 27.1. The number of para-hydroxylation sites is 1. The highest BCUT2D eigenvalue weighted by molar-refractivity contribution is 8.00. The molecule has 0 saturated heterocycles. The van der Waals surface area contributed by atoms with Gasteiger partial charge < -0.3 is 10.6 Å². The van der Waals surface area contributed by atoms with Crippen molar-refractivity contribution in [1.29, 1.82) is 0 Å². The number of benzene rings is 3. The molecule has 0 saturated carbocycles. The van der Waals surface area contributed by atoms with Gasteiger partial charge in [-0.2, -0.15) is 0 Å². The standard InChI is InChI=1S/C28H26N2O2S2/c1-3-20-13-7-10-19(2)25(20)30-28(32)26(21-11-5-4-6-12-21)34-23-15-8-14-22(18-23)29-27(31)24-16-9-17-33-24/h4-18,26H,3H2,1-2H3,(H,29,31)(H,30,32). The monoisotopic (exact) mass is 486 g/mol. The van der Waals surface area contributed by atoms with Gasteiger partial charge in [0.25, 0.3) is 5.91 Å². The third-order valence-electron chi connectivity index (χ3n) is 5.42. The van der Waals surface area contributed by atoms with Crippen molar-refractivity contribution in [2.45, 2.75) is 30.4 Å². The van der Waals surface area contributed by atoms with E-state index in [0.29, 0.717) is 10.6 Å². The summed E-state index contributed by atoms with van der Waals surface area (Å²) in [7, 11) is 0. The van der Waals surface area contributed by atoms with E-state index in [1.807, 2.05) is 91.2 Å². The third-order valence-corrected chi connectivity index (χ3v) is 7.54. The molecule has 0 aliphatic carbocycles. The summed E-state index contributed by atoms with van der Waals surface area (Å²) in [5.41, 5.74) is 4.66. The summed E-state index contributed by atoms with van der Waals surface area (Å²) in [5.74, 6) is -0.214. The zero-order valence-corrected chi connectivity index (χ0v) is 20.7. The summed E-state index contributed by atoms with van der Waals surface area (Å²) in [6.45, 7) is 4.10. The minimum atomic E-state index is -0.450. The van der Waals surface area contributed by atoms with E-state index in [9.17, 15) is 9.59 Å². The Morgan fingerprint density at radius 1 is 0.912 bits per heavy atom. The molecule has 172 valence electrons. The SMILES string of the molecule is CCc1cccc(C)c1NC(=O)C(Sc1cccc(NC(=O)c2cccs2)c1)c1ccccc1. The Bertz CT molecular complexity index is 1270. The highest BCUT2D eigenvalue weighted by Crippen LogP contribution is 2.38. The van der Waals surface area contributed by atoms with Crippen molar-refractivity contribution in [1.82, 2.24) is 0 Å². The minimum absolute atomic E-state index is 0.0757. The summed E-state index contributed by atoms with van der Waals surface area (Å²) >= 11 is 2.87. The van der Waals surface area contributed by atoms with Crippen LogP contribution >= 0.6 is 23.1 Å². The molecule has 0 bridgehead atoms. The number of rotatable bonds is 8. The Labute approximate surface area is 208 Å². The van der Waals surface area contributed by atoms with Crippen LogP contribution in [0.5, 0.6) is 0 Å². The zero-order valence-electron chi connectivity index (χ0n) is 19.1. The fraction of sp³-hybridized carbons (Fsp3) is 0.143. The molecular weight excluding hydrogens is 460 g/mol. The topological polar surface area (TPSA) is 58.2 Å². The molecule has 0 spiro atoms. The van der Waals surface area contributed by atoms with Gasteiger partial charge in [0.2, 0.25) is 5.91 Å². The number of aryl methyl sites for hydroxylation is 2. The summed E-state index contributed by atoms with van der Waals surface area (Å²) in [5, 5.41) is 7.56. The number of hydrogen-bond acceptors (Lipinski definition) is 4. The Kier molecular flexibility index (Phi) is 7.83. The first-order chi connectivity index (χ1) is 16.5. The summed E-state index contributed by atoms with van der Waals surface area (Å²) < 4.78 is 0. The molecule has 4 rings (SSSR count). The van der Waals surface area contributed by atoms with Gasteiger partial charge in [-0.05, 0) is 59.7 Å². The van der Waals surface area contributed by atoms with Gasteiger partial charge in [0.1, 0.15) is 5.25 Å². The van der Waals surface area contributed by atoms with E-state index < -0.39 is 5.25 Å². The fourth-order valence-corrected chi connectivity index (χ4v) is 5.38. The number of carbonyl (C=O) groups excluding carboxylic acids is 2. The number of thiophene rings is 1. The number of carbonyl (C=O) groups is 2. The zero-order chi connectivity index (χ0) is 23.9. The van der Waals surface area contributed by atoms with E-state index >= 15 is 0 Å². The van der Waals surface area contributed by atoms with Crippen molar-refractivity contribution in [3.8, 4) is 0 Å². The van der Waals surface area contributed by atoms with Gasteiger partial charge in [-0.1, -0.05) is 67.6 Å². The minimum Gasteiger partial charge on any atom is -0.324 e. The number of amides is 2. The quantitative estimate of drug-likeness (QED) is 0.256. The molecule has 1 heterocycles. The molecule has 3 aromatic carbocycles. The van der Waals surface area contributed by atoms with Gasteiger partial charge in [0.05, 0.1) is 4.88 Å². The second-order valence-corrected chi connectivity index (χ2v) is 9.95. The van der Waals surface area contributed by atoms with Crippen molar-refractivity contribution >= 4 is 46.3 Å². The fourth-order valence-electron chi connectivity index (χ4n) is 3.68. The molecule has 2 amide bonds. The van der Waals surface area contributed by atoms with Gasteiger partial charge in [-0.3, -0.25) is 9.59 Å². The van der Waals surface area contributed by atoms with Crippen molar-refractivity contribution in [3.05, 3.63) is 112 Å². The van der Waals surface area contributed by atoms with Gasteiger partial charge in [-0.25, -0.2) is 0 Å². The molecule has 1 unspecified atom stereocenters. The van der Waals surface area contributed by atoms with Crippen LogP contribution in [0.1, 0.15) is 38.5 Å². The van der Waals surface area contributed by atoms with E-state index in [1.54, 1.807) is 6.07 Å². The van der Waals surface area contributed by atoms with Gasteiger partial charge in [-0.15, -0.1) is 23.1 Å². The lowest BCUT2D eigenvalue weighted by atomic mass is 10.1. The van der Waals surface area contributed by atoms with Crippen molar-refractivity contribution in [3.63, 3.8) is 0 Å². The number of anilines is 2. The molecule has 34 heavy (non-hydrogen) atoms. The molecule has 0 radical (unpaired) electrons. The number of hydrogen-bond donors (Lipinski definition) is 2. The average Bonchev–Trinajstić information content (AvgIpc) is 3.40. The van der Waals surface area contributed by atoms with Crippen LogP contribution in [0.3, 0.4) is 0 Å². The van der Waals surface area contributed by atoms with E-state index in [4.69, 9.17) is 0 Å². The maximum Gasteiger partial charge on any atom is 0.265 e. The molecule has 6 heteroatoms. The molecular formula is C28H26N2O2S2. The first-order valence-corrected chi connectivity index (χ1v) is 12.9. The van der Waals surface area contributed by atoms with Crippen LogP contribution in [0.4, 0.5) is 11.4 Å². The van der Waals surface area contributed by atoms with Crippen LogP contribution in [0, 0.1) is 6.92 Å². The molecule has 0 aliphatic rings. The van der Waals surface area contributed by atoms with Crippen LogP contribution < -0.4 is 10.6 Å². The van der Waals surface area contributed by atoms with Crippen LogP contribution in [0.2, 0.25) is 0 Å². The predicted octanol–water partition coefficient (Wildman–Crippen LogP) is 7.34. The predicted molar refractivity (Wildman–Crippen MR) is 143 cm³/mol. The molecule has 1 aromatic heterocycles. The molecule has 1 atom stereocenters. The first-order valence-electron chi connectivity index (χ1n) is 11.1. The maximum atomic E-state index is 13.6. The lowest BCUT2D eigenvalue weighted by molar-refractivity contribution is -0.115. The van der Waals surface area contributed by atoms with Crippen molar-refractivity contribution in [2.75, 3.05) is 10.6 Å². The van der Waals surface area contributed by atoms with E-state index in [0.717, 1.165) is 33.7 Å². The Morgan fingerprint density at radius 3 is 2.44 bits per heavy atom. The van der Waals surface area contributed by atoms with Crippen molar-refractivity contribution < 1.29 is 9.59 Å². The van der Waals surface area contributed by atoms with E-state index in [-0.39, 0.29) is 11.8 Å². The molecule has 4 aromatic rings. The molecule has 0 fully saturated rings. The third kappa shape index (κ3) is 5.76. The number of thioether (sulfide) groups is 1. The number of nitrogens with one attached hydrogen (secondary N) is 2. The van der Waals surface area contributed by atoms with Crippen LogP contribution in [-0.2, 0) is 11.2 Å². The second-order valence-electron chi connectivity index (χ2n) is 7.82. The smallest absolute Gasteiger partial charge is 0.265 e. The van der Waals surface area contributed by atoms with Crippen LogP contribution in [0.15, 0.2) is 95.2 Å². The highest BCUT2D eigenvalue weighted by atomic mass is 32.2. The highest BCUT2D eigenvalue weighted by Gasteiger charge is 2.23. The Balaban J connectivity index is 1.58. The summed E-state index contributed by atoms with van der Waals surface area (Å²) in [4.78, 5) is 27.6. The van der Waals surface area contributed by atoms with Crippen molar-refractivity contribution in [2.24, 2.45) is 0 Å². The normalized spacial score (nSPS) is 11.6. The van der Waals surface area contributed by atoms with Crippen LogP contribution in [-0.4, -0.2) is 11.8 Å². The maximum absolute atomic E-state index is 13.6. The lowest BCUT2D eigenvalue weighted by Gasteiger charge is -2.20. The Morgan fingerprint density at radius 2 is 1.71 bits per heavy atom. The van der Waals surface area contributed by atoms with Gasteiger partial charge >= 0.3 is 0 Å². The van der Waals surface area contributed by atoms with E-state index in [1.165, 1.54) is 23.1 Å². The first kappa shape index (κ1) is 23.8. The lowest BCUT2D eigenvalue weighted by Crippen LogP contribution is -2.20. The molecule has 4 nitrogen and oxygen atoms in total. The molecule has 0 aliphatic heterocycles. The van der Waals surface area contributed by atoms with Gasteiger partial charge in [0, 0.05) is 16.3 Å². The van der Waals surface area contributed by atoms with Gasteiger partial charge in [0.15, 0.2) is 0 Å². The largest absolute Gasteiger partial charge is 0.324 e. The summed E-state index contributed by atoms with van der Waals surface area (Å²) in [6.07, 6.45) is 0.840. The molecule has 2 N–H and O–H groups in total.